The molecule has 2 heterocycles. The number of pyridine rings is 1. The molecule has 0 bridgehead atoms. The van der Waals surface area contributed by atoms with Crippen molar-refractivity contribution in [3.63, 3.8) is 0 Å². The van der Waals surface area contributed by atoms with Gasteiger partial charge in [0.15, 0.2) is 0 Å². The van der Waals surface area contributed by atoms with E-state index in [0.717, 1.165) is 16.7 Å². The zero-order valence-corrected chi connectivity index (χ0v) is 9.92. The predicted octanol–water partition coefficient (Wildman–Crippen LogP) is 2.62. The van der Waals surface area contributed by atoms with Crippen LogP contribution in [0.3, 0.4) is 0 Å². The number of fused-ring (bicyclic) bond motifs is 1. The average molecular weight is 222 g/mol. The molecule has 2 aromatic rings. The molecular formula is C10H14N4S. The molecular weight excluding hydrogens is 208 g/mol. The number of thiol groups is 1. The van der Waals surface area contributed by atoms with E-state index in [1.54, 1.807) is 12.4 Å². The van der Waals surface area contributed by atoms with Crippen LogP contribution in [0.5, 0.6) is 0 Å². The first-order chi connectivity index (χ1) is 7.31. The minimum atomic E-state index is 0.693. The number of nitrogens with one attached hydrogen (secondary N) is 1. The van der Waals surface area contributed by atoms with Gasteiger partial charge in [0.1, 0.15) is 11.6 Å². The maximum Gasteiger partial charge on any atom is 0.148 e. The lowest BCUT2D eigenvalue weighted by Crippen LogP contribution is -1.95. The van der Waals surface area contributed by atoms with Gasteiger partial charge in [0.05, 0.1) is 10.9 Å². The van der Waals surface area contributed by atoms with Gasteiger partial charge in [-0.15, -0.1) is 0 Å². The highest BCUT2D eigenvalue weighted by Crippen LogP contribution is 2.18. The van der Waals surface area contributed by atoms with E-state index in [1.807, 2.05) is 26.8 Å². The summed E-state index contributed by atoms with van der Waals surface area (Å²) >= 11 is 3.97. The third kappa shape index (κ3) is 2.56. The van der Waals surface area contributed by atoms with Gasteiger partial charge in [-0.2, -0.15) is 0 Å². The Morgan fingerprint density at radius 1 is 1.27 bits per heavy atom. The van der Waals surface area contributed by atoms with E-state index in [4.69, 9.17) is 0 Å². The molecule has 0 saturated carbocycles. The smallest absolute Gasteiger partial charge is 0.148 e. The fourth-order valence-corrected chi connectivity index (χ4v) is 1.34. The molecule has 0 amide bonds. The lowest BCUT2D eigenvalue weighted by Gasteiger charge is -2.03. The monoisotopic (exact) mass is 222 g/mol. The van der Waals surface area contributed by atoms with Gasteiger partial charge < -0.3 is 4.72 Å². The summed E-state index contributed by atoms with van der Waals surface area (Å²) < 4.78 is 2.71. The van der Waals surface area contributed by atoms with Gasteiger partial charge in [0.25, 0.3) is 0 Å². The highest BCUT2D eigenvalue weighted by Gasteiger charge is 2.02. The van der Waals surface area contributed by atoms with Crippen LogP contribution in [0.1, 0.15) is 19.7 Å². The van der Waals surface area contributed by atoms with E-state index in [1.165, 1.54) is 0 Å². The van der Waals surface area contributed by atoms with E-state index >= 15 is 0 Å². The first-order valence-corrected chi connectivity index (χ1v) is 5.24. The standard InChI is InChI=1S/C8H8N4S.C2H6/c1-5-10-7-2-3-9-4-6(7)8(11-5)12-13;1-2/h2-4,13H,1H3,(H,10,11,12);1-2H3. The second-order valence-corrected chi connectivity index (χ2v) is 2.85. The molecule has 0 aliphatic rings. The second-order valence-electron chi connectivity index (χ2n) is 2.62. The van der Waals surface area contributed by atoms with E-state index in [0.29, 0.717) is 5.82 Å². The lowest BCUT2D eigenvalue weighted by atomic mass is 10.3. The van der Waals surface area contributed by atoms with Crippen molar-refractivity contribution in [2.24, 2.45) is 0 Å². The van der Waals surface area contributed by atoms with Gasteiger partial charge in [-0.3, -0.25) is 4.98 Å². The fraction of sp³-hybridized carbons (Fsp3) is 0.300. The molecule has 0 fully saturated rings. The average Bonchev–Trinajstić information content (AvgIpc) is 2.30. The Hall–Kier alpha value is -1.36. The molecule has 0 radical (unpaired) electrons. The minimum Gasteiger partial charge on any atom is -0.316 e. The number of rotatable bonds is 1. The summed E-state index contributed by atoms with van der Waals surface area (Å²) in [6, 6.07) is 1.85. The van der Waals surface area contributed by atoms with Crippen LogP contribution in [0.2, 0.25) is 0 Å². The molecule has 4 nitrogen and oxygen atoms in total. The Morgan fingerprint density at radius 2 is 2.00 bits per heavy atom. The molecule has 5 heteroatoms. The molecule has 0 spiro atoms. The zero-order chi connectivity index (χ0) is 11.3. The van der Waals surface area contributed by atoms with Crippen LogP contribution >= 0.6 is 12.8 Å². The number of aryl methyl sites for hydroxylation is 1. The van der Waals surface area contributed by atoms with Gasteiger partial charge in [-0.25, -0.2) is 9.97 Å². The lowest BCUT2D eigenvalue weighted by molar-refractivity contribution is 1.09. The van der Waals surface area contributed by atoms with Crippen molar-refractivity contribution in [3.05, 3.63) is 24.3 Å². The number of hydrogen-bond donors (Lipinski definition) is 2. The highest BCUT2D eigenvalue weighted by molar-refractivity contribution is 7.81. The van der Waals surface area contributed by atoms with Gasteiger partial charge >= 0.3 is 0 Å². The summed E-state index contributed by atoms with van der Waals surface area (Å²) in [7, 11) is 0. The van der Waals surface area contributed by atoms with Crippen molar-refractivity contribution in [2.75, 3.05) is 4.72 Å². The highest BCUT2D eigenvalue weighted by atomic mass is 32.1. The molecule has 0 saturated heterocycles. The van der Waals surface area contributed by atoms with Crippen LogP contribution in [0.25, 0.3) is 10.9 Å². The van der Waals surface area contributed by atoms with E-state index in [9.17, 15) is 0 Å². The van der Waals surface area contributed by atoms with Crippen molar-refractivity contribution in [1.82, 2.24) is 15.0 Å². The third-order valence-corrected chi connectivity index (χ3v) is 1.93. The molecule has 0 aliphatic carbocycles. The fourth-order valence-electron chi connectivity index (χ4n) is 1.17. The third-order valence-electron chi connectivity index (χ3n) is 1.71. The molecule has 80 valence electrons. The number of hydrogen-bond acceptors (Lipinski definition) is 5. The van der Waals surface area contributed by atoms with Crippen LogP contribution in [-0.4, -0.2) is 15.0 Å². The normalized spacial score (nSPS) is 9.33. The quantitative estimate of drug-likeness (QED) is 0.728. The van der Waals surface area contributed by atoms with Crippen molar-refractivity contribution in [2.45, 2.75) is 20.8 Å². The Labute approximate surface area is 94.7 Å². The van der Waals surface area contributed by atoms with E-state index < -0.39 is 0 Å². The molecule has 2 rings (SSSR count). The van der Waals surface area contributed by atoms with Crippen molar-refractivity contribution in [1.29, 1.82) is 0 Å². The largest absolute Gasteiger partial charge is 0.316 e. The molecule has 0 atom stereocenters. The van der Waals surface area contributed by atoms with Crippen LogP contribution in [-0.2, 0) is 0 Å². The van der Waals surface area contributed by atoms with Crippen molar-refractivity contribution < 1.29 is 0 Å². The minimum absolute atomic E-state index is 0.693. The first-order valence-electron chi connectivity index (χ1n) is 4.80. The van der Waals surface area contributed by atoms with E-state index in [2.05, 4.69) is 32.5 Å². The summed E-state index contributed by atoms with van der Waals surface area (Å²) in [5, 5.41) is 0.878. The topological polar surface area (TPSA) is 50.7 Å². The summed E-state index contributed by atoms with van der Waals surface area (Å²) in [5.41, 5.74) is 0.874. The SMILES string of the molecule is CC.Cc1nc(NS)c2cnccc2n1. The van der Waals surface area contributed by atoms with Crippen LogP contribution in [0.4, 0.5) is 5.82 Å². The number of anilines is 1. The molecule has 0 unspecified atom stereocenters. The second kappa shape index (κ2) is 5.50. The van der Waals surface area contributed by atoms with Gasteiger partial charge in [-0.05, 0) is 13.0 Å². The van der Waals surface area contributed by atoms with Gasteiger partial charge in [-0.1, -0.05) is 26.7 Å². The van der Waals surface area contributed by atoms with Gasteiger partial charge in [0, 0.05) is 12.4 Å². The van der Waals surface area contributed by atoms with Crippen LogP contribution in [0.15, 0.2) is 18.5 Å². The van der Waals surface area contributed by atoms with E-state index in [-0.39, 0.29) is 0 Å². The van der Waals surface area contributed by atoms with Crippen molar-refractivity contribution in [3.8, 4) is 0 Å². The zero-order valence-electron chi connectivity index (χ0n) is 9.02. The van der Waals surface area contributed by atoms with Gasteiger partial charge in [0.2, 0.25) is 0 Å². The Balaban J connectivity index is 0.000000531. The molecule has 0 aliphatic heterocycles. The summed E-state index contributed by atoms with van der Waals surface area (Å²) in [6.07, 6.45) is 3.42. The summed E-state index contributed by atoms with van der Waals surface area (Å²) in [5.74, 6) is 1.41. The van der Waals surface area contributed by atoms with Crippen molar-refractivity contribution >= 4 is 29.5 Å². The maximum absolute atomic E-state index is 4.26. The molecule has 0 aromatic carbocycles. The van der Waals surface area contributed by atoms with Crippen LogP contribution in [0, 0.1) is 6.92 Å². The Bertz CT molecular complexity index is 444. The maximum atomic E-state index is 4.26. The molecule has 1 N–H and O–H groups in total. The molecule has 2 aromatic heterocycles. The number of nitrogens with zero attached hydrogens (tertiary/aromatic N) is 3. The summed E-state index contributed by atoms with van der Waals surface area (Å²) in [4.78, 5) is 12.4. The molecule has 15 heavy (non-hydrogen) atoms. The van der Waals surface area contributed by atoms with Crippen LogP contribution < -0.4 is 4.72 Å². The number of aromatic nitrogens is 3. The Morgan fingerprint density at radius 3 is 2.67 bits per heavy atom. The first kappa shape index (κ1) is 11.7. The Kier molecular flexibility index (Phi) is 4.30. The predicted molar refractivity (Wildman–Crippen MR) is 66.0 cm³/mol. The summed E-state index contributed by atoms with van der Waals surface area (Å²) in [6.45, 7) is 5.84.